The third-order valence-electron chi connectivity index (χ3n) is 5.09. The van der Waals surface area contributed by atoms with Crippen LogP contribution < -0.4 is 20.2 Å². The summed E-state index contributed by atoms with van der Waals surface area (Å²) >= 11 is 0. The standard InChI is InChI=1S/C27H26N4O7/c1-3-13-38-21-11-9-18(10-12-21)14-23(29-26(33)19-7-5-4-6-8-19)27(34)30-28-17-20-15-22(37-2)16-24(25(20)32)31(35)36/h4-12,14-17,32H,3,13H2,1-2H3,(H,29,33)(H,30,34)/b23-14+,28-17+. The van der Waals surface area contributed by atoms with Crippen molar-refractivity contribution in [3.05, 3.63) is 99.2 Å². The van der Waals surface area contributed by atoms with Crippen LogP contribution in [-0.2, 0) is 4.79 Å². The van der Waals surface area contributed by atoms with E-state index in [9.17, 15) is 24.8 Å². The number of ether oxygens (including phenoxy) is 2. The number of aromatic hydroxyl groups is 1. The molecule has 196 valence electrons. The van der Waals surface area contributed by atoms with Gasteiger partial charge in [0.2, 0.25) is 5.75 Å². The van der Waals surface area contributed by atoms with Gasteiger partial charge in [-0.15, -0.1) is 0 Å². The average Bonchev–Trinajstić information content (AvgIpc) is 2.93. The lowest BCUT2D eigenvalue weighted by atomic mass is 10.1. The molecule has 11 heteroatoms. The Morgan fingerprint density at radius 1 is 1.08 bits per heavy atom. The minimum atomic E-state index is -0.772. The number of phenolic OH excluding ortho intramolecular Hbond substituents is 1. The maximum Gasteiger partial charge on any atom is 0.315 e. The van der Waals surface area contributed by atoms with E-state index in [0.29, 0.717) is 23.5 Å². The second-order valence-corrected chi connectivity index (χ2v) is 7.84. The molecule has 0 saturated carbocycles. The predicted octanol–water partition coefficient (Wildman–Crippen LogP) is 4.02. The minimum absolute atomic E-state index is 0.0575. The van der Waals surface area contributed by atoms with Crippen molar-refractivity contribution in [1.82, 2.24) is 10.7 Å². The van der Waals surface area contributed by atoms with Gasteiger partial charge < -0.3 is 19.9 Å². The Labute approximate surface area is 218 Å². The van der Waals surface area contributed by atoms with Crippen LogP contribution in [0.4, 0.5) is 5.69 Å². The van der Waals surface area contributed by atoms with Gasteiger partial charge in [-0.1, -0.05) is 37.3 Å². The van der Waals surface area contributed by atoms with Crippen LogP contribution >= 0.6 is 0 Å². The smallest absolute Gasteiger partial charge is 0.315 e. The summed E-state index contributed by atoms with van der Waals surface area (Å²) in [5.74, 6) is -1.15. The molecule has 0 unspecified atom stereocenters. The van der Waals surface area contributed by atoms with E-state index < -0.39 is 28.2 Å². The van der Waals surface area contributed by atoms with Crippen LogP contribution in [0.2, 0.25) is 0 Å². The van der Waals surface area contributed by atoms with Crippen LogP contribution in [0.5, 0.6) is 17.2 Å². The van der Waals surface area contributed by atoms with Gasteiger partial charge in [-0.25, -0.2) is 5.43 Å². The van der Waals surface area contributed by atoms with Crippen molar-refractivity contribution in [2.75, 3.05) is 13.7 Å². The fourth-order valence-corrected chi connectivity index (χ4v) is 3.18. The zero-order chi connectivity index (χ0) is 27.5. The van der Waals surface area contributed by atoms with Crippen molar-refractivity contribution in [3.63, 3.8) is 0 Å². The molecular weight excluding hydrogens is 492 g/mol. The first-order chi connectivity index (χ1) is 18.3. The van der Waals surface area contributed by atoms with Gasteiger partial charge in [0.1, 0.15) is 17.2 Å². The molecular formula is C27H26N4O7. The lowest BCUT2D eigenvalue weighted by Gasteiger charge is -2.10. The Kier molecular flexibility index (Phi) is 9.52. The molecule has 3 aromatic carbocycles. The zero-order valence-corrected chi connectivity index (χ0v) is 20.7. The van der Waals surface area contributed by atoms with Gasteiger partial charge in [-0.2, -0.15) is 5.10 Å². The van der Waals surface area contributed by atoms with Gasteiger partial charge in [0.05, 0.1) is 30.9 Å². The number of nitrogens with zero attached hydrogens (tertiary/aromatic N) is 2. The van der Waals surface area contributed by atoms with Gasteiger partial charge in [0.25, 0.3) is 11.8 Å². The molecule has 0 heterocycles. The maximum atomic E-state index is 13.0. The summed E-state index contributed by atoms with van der Waals surface area (Å²) in [6, 6.07) is 17.7. The lowest BCUT2D eigenvalue weighted by Crippen LogP contribution is -2.32. The normalized spacial score (nSPS) is 11.2. The Morgan fingerprint density at radius 2 is 1.79 bits per heavy atom. The number of rotatable bonds is 11. The third kappa shape index (κ3) is 7.40. The fraction of sp³-hybridized carbons (Fsp3) is 0.148. The highest BCUT2D eigenvalue weighted by Crippen LogP contribution is 2.33. The summed E-state index contributed by atoms with van der Waals surface area (Å²) in [5.41, 5.74) is 2.46. The molecule has 0 bridgehead atoms. The molecule has 0 radical (unpaired) electrons. The Hall–Kier alpha value is -5.19. The molecule has 0 spiro atoms. The van der Waals surface area contributed by atoms with E-state index in [1.807, 2.05) is 6.92 Å². The second-order valence-electron chi connectivity index (χ2n) is 7.84. The van der Waals surface area contributed by atoms with Gasteiger partial charge in [-0.3, -0.25) is 19.7 Å². The van der Waals surface area contributed by atoms with E-state index in [1.54, 1.807) is 54.6 Å². The molecule has 0 aliphatic carbocycles. The average molecular weight is 519 g/mol. The Balaban J connectivity index is 1.85. The zero-order valence-electron chi connectivity index (χ0n) is 20.7. The number of hydrazone groups is 1. The number of hydrogen-bond donors (Lipinski definition) is 3. The summed E-state index contributed by atoms with van der Waals surface area (Å²) in [6.45, 7) is 2.57. The Morgan fingerprint density at radius 3 is 2.42 bits per heavy atom. The number of carbonyl (C=O) groups excluding carboxylic acids is 2. The largest absolute Gasteiger partial charge is 0.502 e. The van der Waals surface area contributed by atoms with Crippen molar-refractivity contribution < 1.29 is 29.1 Å². The molecule has 0 aliphatic heterocycles. The number of benzene rings is 3. The highest BCUT2D eigenvalue weighted by atomic mass is 16.6. The van der Waals surface area contributed by atoms with Gasteiger partial charge in [-0.05, 0) is 48.4 Å². The van der Waals surface area contributed by atoms with Gasteiger partial charge >= 0.3 is 5.69 Å². The van der Waals surface area contributed by atoms with Crippen LogP contribution in [0.15, 0.2) is 77.5 Å². The molecule has 2 amide bonds. The molecule has 0 fully saturated rings. The molecule has 3 aromatic rings. The molecule has 0 aromatic heterocycles. The maximum absolute atomic E-state index is 13.0. The molecule has 0 atom stereocenters. The number of amides is 2. The van der Waals surface area contributed by atoms with Crippen LogP contribution in [-0.4, -0.2) is 41.8 Å². The summed E-state index contributed by atoms with van der Waals surface area (Å²) in [4.78, 5) is 36.1. The number of nitro benzene ring substituents is 1. The van der Waals surface area contributed by atoms with Crippen molar-refractivity contribution in [2.45, 2.75) is 13.3 Å². The van der Waals surface area contributed by atoms with Gasteiger partial charge in [0.15, 0.2) is 0 Å². The van der Waals surface area contributed by atoms with E-state index in [4.69, 9.17) is 9.47 Å². The molecule has 0 aliphatic rings. The monoisotopic (exact) mass is 518 g/mol. The number of nitrogens with one attached hydrogen (secondary N) is 2. The van der Waals surface area contributed by atoms with Crippen LogP contribution in [0.25, 0.3) is 6.08 Å². The highest BCUT2D eigenvalue weighted by molar-refractivity contribution is 6.05. The summed E-state index contributed by atoms with van der Waals surface area (Å²) in [5, 5.41) is 27.8. The first-order valence-corrected chi connectivity index (χ1v) is 11.5. The number of phenols is 1. The lowest BCUT2D eigenvalue weighted by molar-refractivity contribution is -0.385. The van der Waals surface area contributed by atoms with E-state index in [1.165, 1.54) is 19.3 Å². The summed E-state index contributed by atoms with van der Waals surface area (Å²) < 4.78 is 10.6. The summed E-state index contributed by atoms with van der Waals surface area (Å²) in [6.07, 6.45) is 3.35. The first-order valence-electron chi connectivity index (χ1n) is 11.5. The van der Waals surface area contributed by atoms with Crippen LogP contribution in [0.3, 0.4) is 0 Å². The number of nitro groups is 1. The van der Waals surface area contributed by atoms with Crippen molar-refractivity contribution >= 4 is 29.8 Å². The number of carbonyl (C=O) groups is 2. The van der Waals surface area contributed by atoms with Crippen LogP contribution in [0, 0.1) is 10.1 Å². The van der Waals surface area contributed by atoms with Crippen molar-refractivity contribution in [2.24, 2.45) is 5.10 Å². The molecule has 0 saturated heterocycles. The number of hydrogen-bond acceptors (Lipinski definition) is 8. The molecule has 38 heavy (non-hydrogen) atoms. The van der Waals surface area contributed by atoms with Crippen molar-refractivity contribution in [3.8, 4) is 17.2 Å². The second kappa shape index (κ2) is 13.2. The first kappa shape index (κ1) is 27.4. The highest BCUT2D eigenvalue weighted by Gasteiger charge is 2.19. The van der Waals surface area contributed by atoms with E-state index >= 15 is 0 Å². The Bertz CT molecular complexity index is 1350. The van der Waals surface area contributed by atoms with E-state index in [-0.39, 0.29) is 17.0 Å². The SMILES string of the molecule is CCCOc1ccc(/C=C(/NC(=O)c2ccccc2)C(=O)N/N=C/c2cc(OC)cc([N+](=O)[O-])c2O)cc1. The molecule has 3 rings (SSSR count). The van der Waals surface area contributed by atoms with Crippen molar-refractivity contribution in [1.29, 1.82) is 0 Å². The van der Waals surface area contributed by atoms with Gasteiger partial charge in [0, 0.05) is 11.1 Å². The quantitative estimate of drug-likeness (QED) is 0.150. The molecule has 11 nitrogen and oxygen atoms in total. The predicted molar refractivity (Wildman–Crippen MR) is 141 cm³/mol. The number of methoxy groups -OCH3 is 1. The fourth-order valence-electron chi connectivity index (χ4n) is 3.18. The van der Waals surface area contributed by atoms with E-state index in [2.05, 4.69) is 15.8 Å². The van der Waals surface area contributed by atoms with E-state index in [0.717, 1.165) is 18.7 Å². The molecule has 3 N–H and O–H groups in total. The third-order valence-corrected chi connectivity index (χ3v) is 5.09. The van der Waals surface area contributed by atoms with Crippen LogP contribution in [0.1, 0.15) is 34.8 Å². The minimum Gasteiger partial charge on any atom is -0.502 e. The summed E-state index contributed by atoms with van der Waals surface area (Å²) in [7, 11) is 1.31. The topological polar surface area (TPSA) is 152 Å².